The van der Waals surface area contributed by atoms with Crippen molar-refractivity contribution in [2.75, 3.05) is 0 Å². The Hall–Kier alpha value is -2.55. The minimum absolute atomic E-state index is 0.118. The molecule has 0 amide bonds. The summed E-state index contributed by atoms with van der Waals surface area (Å²) in [6, 6.07) is 16.5. The number of benzene rings is 2. The topological polar surface area (TPSA) is 38.7 Å². The van der Waals surface area contributed by atoms with Gasteiger partial charge in [0.05, 0.1) is 0 Å². The monoisotopic (exact) mass is 331 g/mol. The molecule has 0 radical (unpaired) electrons. The Kier molecular flexibility index (Phi) is 4.67. The maximum Gasteiger partial charge on any atom is 0.163 e. The molecule has 0 unspecified atom stereocenters. The Morgan fingerprint density at radius 3 is 1.52 bits per heavy atom. The standard InChI is InChI=1S/C22H25N3/c1-15-10-6-8-12-17(15)20-23-19(14-22(3,4)5)24-21(25-20)18-13-9-7-11-16(18)2/h6-13H,14H2,1-5H3. The fourth-order valence-electron chi connectivity index (χ4n) is 2.86. The molecule has 1 aromatic heterocycles. The Balaban J connectivity index is 2.19. The zero-order chi connectivity index (χ0) is 18.0. The van der Waals surface area contributed by atoms with Gasteiger partial charge in [0.25, 0.3) is 0 Å². The Morgan fingerprint density at radius 2 is 1.12 bits per heavy atom. The smallest absolute Gasteiger partial charge is 0.163 e. The van der Waals surface area contributed by atoms with Crippen LogP contribution >= 0.6 is 0 Å². The molecule has 0 atom stereocenters. The number of aromatic nitrogens is 3. The van der Waals surface area contributed by atoms with Crippen LogP contribution in [0.25, 0.3) is 22.8 Å². The molecule has 0 N–H and O–H groups in total. The highest BCUT2D eigenvalue weighted by Crippen LogP contribution is 2.26. The molecule has 0 saturated heterocycles. The van der Waals surface area contributed by atoms with Gasteiger partial charge >= 0.3 is 0 Å². The molecule has 3 aromatic rings. The lowest BCUT2D eigenvalue weighted by molar-refractivity contribution is 0.400. The summed E-state index contributed by atoms with van der Waals surface area (Å²) in [5.74, 6) is 2.36. The van der Waals surface area contributed by atoms with Crippen LogP contribution in [0.15, 0.2) is 48.5 Å². The molecule has 0 bridgehead atoms. The second-order valence-corrected chi connectivity index (χ2v) is 7.77. The van der Waals surface area contributed by atoms with Gasteiger partial charge in [-0.3, -0.25) is 0 Å². The summed E-state index contributed by atoms with van der Waals surface area (Å²) in [6.45, 7) is 10.8. The first kappa shape index (κ1) is 17.3. The van der Waals surface area contributed by atoms with Crippen molar-refractivity contribution in [1.29, 1.82) is 0 Å². The van der Waals surface area contributed by atoms with E-state index >= 15 is 0 Å². The van der Waals surface area contributed by atoms with Gasteiger partial charge in [-0.2, -0.15) is 0 Å². The van der Waals surface area contributed by atoms with Crippen molar-refractivity contribution in [3.05, 3.63) is 65.5 Å². The van der Waals surface area contributed by atoms with E-state index in [4.69, 9.17) is 15.0 Å². The lowest BCUT2D eigenvalue weighted by Crippen LogP contribution is -2.14. The molecule has 2 aromatic carbocycles. The van der Waals surface area contributed by atoms with Gasteiger partial charge in [0.15, 0.2) is 11.6 Å². The number of rotatable bonds is 3. The fraction of sp³-hybridized carbons (Fsp3) is 0.318. The molecule has 3 heteroatoms. The normalized spacial score (nSPS) is 11.6. The molecular formula is C22H25N3. The third-order valence-electron chi connectivity index (χ3n) is 4.14. The van der Waals surface area contributed by atoms with E-state index in [1.54, 1.807) is 0 Å². The average molecular weight is 331 g/mol. The van der Waals surface area contributed by atoms with E-state index in [0.717, 1.165) is 35.0 Å². The predicted octanol–water partition coefficient (Wildman–Crippen LogP) is 5.41. The first-order valence-corrected chi connectivity index (χ1v) is 8.70. The van der Waals surface area contributed by atoms with Crippen molar-refractivity contribution < 1.29 is 0 Å². The third-order valence-corrected chi connectivity index (χ3v) is 4.14. The summed E-state index contributed by atoms with van der Waals surface area (Å²) in [4.78, 5) is 14.4. The maximum absolute atomic E-state index is 4.80. The Labute approximate surface area is 150 Å². The quantitative estimate of drug-likeness (QED) is 0.644. The molecule has 1 heterocycles. The largest absolute Gasteiger partial charge is 0.213 e. The van der Waals surface area contributed by atoms with Gasteiger partial charge < -0.3 is 0 Å². The minimum Gasteiger partial charge on any atom is -0.213 e. The molecule has 128 valence electrons. The average Bonchev–Trinajstić information content (AvgIpc) is 2.54. The highest BCUT2D eigenvalue weighted by Gasteiger charge is 2.18. The van der Waals surface area contributed by atoms with Crippen LogP contribution in [0.5, 0.6) is 0 Å². The number of hydrogen-bond donors (Lipinski definition) is 0. The maximum atomic E-state index is 4.80. The van der Waals surface area contributed by atoms with Gasteiger partial charge in [-0.25, -0.2) is 15.0 Å². The van der Waals surface area contributed by atoms with Crippen LogP contribution in [-0.2, 0) is 6.42 Å². The zero-order valence-corrected chi connectivity index (χ0v) is 15.7. The zero-order valence-electron chi connectivity index (χ0n) is 15.7. The van der Waals surface area contributed by atoms with Crippen molar-refractivity contribution in [1.82, 2.24) is 15.0 Å². The SMILES string of the molecule is Cc1ccccc1-c1nc(CC(C)(C)C)nc(-c2ccccc2C)n1. The van der Waals surface area contributed by atoms with Gasteiger partial charge in [-0.05, 0) is 30.4 Å². The van der Waals surface area contributed by atoms with Gasteiger partial charge in [0, 0.05) is 17.5 Å². The molecular weight excluding hydrogens is 306 g/mol. The van der Waals surface area contributed by atoms with Crippen molar-refractivity contribution in [2.24, 2.45) is 5.41 Å². The summed E-state index contributed by atoms with van der Waals surface area (Å²) in [5.41, 5.74) is 4.59. The van der Waals surface area contributed by atoms with Crippen LogP contribution in [0.2, 0.25) is 0 Å². The summed E-state index contributed by atoms with van der Waals surface area (Å²) in [7, 11) is 0. The van der Waals surface area contributed by atoms with E-state index in [1.165, 1.54) is 11.1 Å². The molecule has 0 spiro atoms. The molecule has 3 nitrogen and oxygen atoms in total. The van der Waals surface area contributed by atoms with Crippen LogP contribution in [0.1, 0.15) is 37.7 Å². The summed E-state index contributed by atoms with van der Waals surface area (Å²) in [5, 5.41) is 0. The third kappa shape index (κ3) is 4.11. The lowest BCUT2D eigenvalue weighted by Gasteiger charge is -2.18. The molecule has 0 aliphatic carbocycles. The first-order valence-electron chi connectivity index (χ1n) is 8.70. The molecule has 0 fully saturated rings. The molecule has 0 aliphatic rings. The van der Waals surface area contributed by atoms with Crippen LogP contribution in [0.4, 0.5) is 0 Å². The van der Waals surface area contributed by atoms with E-state index in [1.807, 2.05) is 24.3 Å². The lowest BCUT2D eigenvalue weighted by atomic mass is 9.92. The van der Waals surface area contributed by atoms with Crippen molar-refractivity contribution >= 4 is 0 Å². The number of hydrogen-bond acceptors (Lipinski definition) is 3. The van der Waals surface area contributed by atoms with Crippen molar-refractivity contribution in [2.45, 2.75) is 41.0 Å². The fourth-order valence-corrected chi connectivity index (χ4v) is 2.86. The van der Waals surface area contributed by atoms with Crippen molar-refractivity contribution in [3.63, 3.8) is 0 Å². The van der Waals surface area contributed by atoms with Crippen LogP contribution in [-0.4, -0.2) is 15.0 Å². The second kappa shape index (κ2) is 6.75. The number of nitrogens with zero attached hydrogens (tertiary/aromatic N) is 3. The van der Waals surface area contributed by atoms with E-state index in [-0.39, 0.29) is 5.41 Å². The Morgan fingerprint density at radius 1 is 0.680 bits per heavy atom. The molecule has 0 saturated carbocycles. The highest BCUT2D eigenvalue weighted by molar-refractivity contribution is 5.65. The molecule has 25 heavy (non-hydrogen) atoms. The second-order valence-electron chi connectivity index (χ2n) is 7.77. The van der Waals surface area contributed by atoms with Gasteiger partial charge in [0.1, 0.15) is 5.82 Å². The molecule has 3 rings (SSSR count). The summed E-state index contributed by atoms with van der Waals surface area (Å²) >= 11 is 0. The number of aryl methyl sites for hydroxylation is 2. The Bertz CT molecular complexity index is 828. The minimum atomic E-state index is 0.118. The van der Waals surface area contributed by atoms with E-state index in [2.05, 4.69) is 58.9 Å². The summed E-state index contributed by atoms with van der Waals surface area (Å²) in [6.07, 6.45) is 0.813. The first-order chi connectivity index (χ1) is 11.8. The van der Waals surface area contributed by atoms with Crippen LogP contribution in [0, 0.1) is 19.3 Å². The van der Waals surface area contributed by atoms with Gasteiger partial charge in [0.2, 0.25) is 0 Å². The summed E-state index contributed by atoms with van der Waals surface area (Å²) < 4.78 is 0. The van der Waals surface area contributed by atoms with Crippen LogP contribution in [0.3, 0.4) is 0 Å². The van der Waals surface area contributed by atoms with E-state index < -0.39 is 0 Å². The van der Waals surface area contributed by atoms with E-state index in [9.17, 15) is 0 Å². The van der Waals surface area contributed by atoms with Gasteiger partial charge in [-0.1, -0.05) is 69.3 Å². The highest BCUT2D eigenvalue weighted by atomic mass is 15.0. The van der Waals surface area contributed by atoms with E-state index in [0.29, 0.717) is 0 Å². The van der Waals surface area contributed by atoms with Gasteiger partial charge in [-0.15, -0.1) is 0 Å². The van der Waals surface area contributed by atoms with Crippen molar-refractivity contribution in [3.8, 4) is 22.8 Å². The molecule has 0 aliphatic heterocycles. The van der Waals surface area contributed by atoms with Crippen LogP contribution < -0.4 is 0 Å². The predicted molar refractivity (Wildman–Crippen MR) is 103 cm³/mol.